The molecule has 7 nitrogen and oxygen atoms in total. The lowest BCUT2D eigenvalue weighted by molar-refractivity contribution is -0.384. The van der Waals surface area contributed by atoms with Gasteiger partial charge >= 0.3 is 5.97 Å². The minimum atomic E-state index is -0.485. The van der Waals surface area contributed by atoms with E-state index >= 15 is 0 Å². The maximum atomic E-state index is 11.9. The van der Waals surface area contributed by atoms with Gasteiger partial charge in [-0.2, -0.15) is 0 Å². The Balaban J connectivity index is 1.99. The van der Waals surface area contributed by atoms with Gasteiger partial charge in [-0.1, -0.05) is 19.3 Å². The van der Waals surface area contributed by atoms with Crippen LogP contribution in [0.25, 0.3) is 5.69 Å². The molecule has 1 saturated carbocycles. The summed E-state index contributed by atoms with van der Waals surface area (Å²) < 4.78 is 6.37. The summed E-state index contributed by atoms with van der Waals surface area (Å²) in [6.07, 6.45) is 7.35. The first kappa shape index (κ1) is 18.0. The van der Waals surface area contributed by atoms with Crippen molar-refractivity contribution in [3.8, 4) is 5.69 Å². The van der Waals surface area contributed by atoms with Crippen molar-refractivity contribution in [1.82, 2.24) is 4.57 Å². The molecule has 1 heterocycles. The second kappa shape index (κ2) is 7.59. The number of esters is 1. The number of hydrogen-bond acceptors (Lipinski definition) is 5. The van der Waals surface area contributed by atoms with E-state index in [0.717, 1.165) is 25.7 Å². The molecule has 0 N–H and O–H groups in total. The first-order valence-corrected chi connectivity index (χ1v) is 8.80. The zero-order valence-corrected chi connectivity index (χ0v) is 15.1. The van der Waals surface area contributed by atoms with Crippen molar-refractivity contribution in [2.75, 3.05) is 19.1 Å². The lowest BCUT2D eigenvalue weighted by atomic mass is 9.94. The van der Waals surface area contributed by atoms with Gasteiger partial charge in [0.25, 0.3) is 5.69 Å². The van der Waals surface area contributed by atoms with Crippen molar-refractivity contribution in [1.29, 1.82) is 0 Å². The average molecular weight is 357 g/mol. The third-order valence-corrected chi connectivity index (χ3v) is 5.08. The molecule has 0 radical (unpaired) electrons. The fourth-order valence-electron chi connectivity index (χ4n) is 3.65. The van der Waals surface area contributed by atoms with E-state index in [-0.39, 0.29) is 10.6 Å². The van der Waals surface area contributed by atoms with E-state index < -0.39 is 5.97 Å². The molecule has 0 unspecified atom stereocenters. The maximum absolute atomic E-state index is 11.9. The molecule has 0 atom stereocenters. The molecule has 0 bridgehead atoms. The molecule has 1 aliphatic carbocycles. The van der Waals surface area contributed by atoms with Crippen LogP contribution in [0.15, 0.2) is 36.5 Å². The quantitative estimate of drug-likeness (QED) is 0.460. The Bertz CT molecular complexity index is 809. The lowest BCUT2D eigenvalue weighted by Gasteiger charge is -2.32. The maximum Gasteiger partial charge on any atom is 0.355 e. The molecule has 0 amide bonds. The number of ether oxygens (including phenoxy) is 1. The fraction of sp³-hybridized carbons (Fsp3) is 0.421. The SMILES string of the molecule is COC(=O)c1cccn1-c1ccc(N(C)C2CCCCC2)c([N+](=O)[O-])c1. The normalized spacial score (nSPS) is 14.8. The number of nitrogens with zero attached hydrogens (tertiary/aromatic N) is 3. The molecular weight excluding hydrogens is 334 g/mol. The summed E-state index contributed by atoms with van der Waals surface area (Å²) in [5.74, 6) is -0.485. The first-order chi connectivity index (χ1) is 12.5. The van der Waals surface area contributed by atoms with Crippen LogP contribution in [0.2, 0.25) is 0 Å². The largest absolute Gasteiger partial charge is 0.464 e. The Morgan fingerprint density at radius 3 is 2.65 bits per heavy atom. The number of aromatic nitrogens is 1. The van der Waals surface area contributed by atoms with Crippen LogP contribution in [0.3, 0.4) is 0 Å². The van der Waals surface area contributed by atoms with Crippen molar-refractivity contribution in [2.24, 2.45) is 0 Å². The minimum absolute atomic E-state index is 0.0417. The zero-order chi connectivity index (χ0) is 18.7. The molecule has 1 aliphatic rings. The van der Waals surface area contributed by atoms with Crippen molar-refractivity contribution in [3.05, 3.63) is 52.3 Å². The highest BCUT2D eigenvalue weighted by Crippen LogP contribution is 2.34. The summed E-state index contributed by atoms with van der Waals surface area (Å²) in [6.45, 7) is 0. The van der Waals surface area contributed by atoms with Crippen LogP contribution in [0.1, 0.15) is 42.6 Å². The van der Waals surface area contributed by atoms with Gasteiger partial charge in [0.15, 0.2) is 0 Å². The van der Waals surface area contributed by atoms with Crippen molar-refractivity contribution >= 4 is 17.3 Å². The van der Waals surface area contributed by atoms with Gasteiger partial charge in [0.2, 0.25) is 0 Å². The molecule has 0 saturated heterocycles. The molecule has 1 aromatic carbocycles. The van der Waals surface area contributed by atoms with Crippen LogP contribution >= 0.6 is 0 Å². The molecule has 0 spiro atoms. The average Bonchev–Trinajstić information content (AvgIpc) is 3.16. The second-order valence-corrected chi connectivity index (χ2v) is 6.59. The highest BCUT2D eigenvalue weighted by atomic mass is 16.6. The Labute approximate surface area is 152 Å². The molecule has 1 fully saturated rings. The fourth-order valence-corrected chi connectivity index (χ4v) is 3.65. The van der Waals surface area contributed by atoms with Gasteiger partial charge in [0, 0.05) is 25.4 Å². The monoisotopic (exact) mass is 357 g/mol. The summed E-state index contributed by atoms with van der Waals surface area (Å²) in [7, 11) is 3.23. The van der Waals surface area contributed by atoms with Gasteiger partial charge in [0.1, 0.15) is 11.4 Å². The van der Waals surface area contributed by atoms with Gasteiger partial charge in [-0.15, -0.1) is 0 Å². The number of benzene rings is 1. The van der Waals surface area contributed by atoms with Crippen LogP contribution in [-0.4, -0.2) is 35.7 Å². The molecular formula is C19H23N3O4. The van der Waals surface area contributed by atoms with Crippen molar-refractivity contribution in [2.45, 2.75) is 38.1 Å². The number of nitro benzene ring substituents is 1. The Morgan fingerprint density at radius 2 is 2.00 bits per heavy atom. The summed E-state index contributed by atoms with van der Waals surface area (Å²) >= 11 is 0. The third-order valence-electron chi connectivity index (χ3n) is 5.08. The van der Waals surface area contributed by atoms with Gasteiger partial charge in [-0.3, -0.25) is 10.1 Å². The van der Waals surface area contributed by atoms with Gasteiger partial charge in [-0.05, 0) is 37.1 Å². The van der Waals surface area contributed by atoms with E-state index in [1.807, 2.05) is 11.9 Å². The topological polar surface area (TPSA) is 77.6 Å². The molecule has 7 heteroatoms. The van der Waals surface area contributed by atoms with Crippen molar-refractivity contribution < 1.29 is 14.5 Å². The van der Waals surface area contributed by atoms with Gasteiger partial charge in [0.05, 0.1) is 17.7 Å². The van der Waals surface area contributed by atoms with Crippen LogP contribution in [0, 0.1) is 10.1 Å². The van der Waals surface area contributed by atoms with E-state index in [2.05, 4.69) is 0 Å². The number of hydrogen-bond donors (Lipinski definition) is 0. The van der Waals surface area contributed by atoms with Crippen LogP contribution in [0.5, 0.6) is 0 Å². The lowest BCUT2D eigenvalue weighted by Crippen LogP contribution is -2.33. The number of carbonyl (C=O) groups is 1. The molecule has 138 valence electrons. The summed E-state index contributed by atoms with van der Waals surface area (Å²) in [5.41, 5.74) is 1.54. The Morgan fingerprint density at radius 1 is 1.27 bits per heavy atom. The summed E-state index contributed by atoms with van der Waals surface area (Å²) in [4.78, 5) is 25.2. The van der Waals surface area contributed by atoms with Gasteiger partial charge in [-0.25, -0.2) is 4.79 Å². The highest BCUT2D eigenvalue weighted by Gasteiger charge is 2.25. The molecule has 3 rings (SSSR count). The molecule has 26 heavy (non-hydrogen) atoms. The Kier molecular flexibility index (Phi) is 5.25. The smallest absolute Gasteiger partial charge is 0.355 e. The van der Waals surface area contributed by atoms with Gasteiger partial charge < -0.3 is 14.2 Å². The van der Waals surface area contributed by atoms with E-state index in [1.165, 1.54) is 19.6 Å². The van der Waals surface area contributed by atoms with Crippen LogP contribution in [0.4, 0.5) is 11.4 Å². The number of carbonyl (C=O) groups excluding carboxylic acids is 1. The summed E-state index contributed by atoms with van der Waals surface area (Å²) in [5, 5.41) is 11.7. The number of anilines is 1. The zero-order valence-electron chi connectivity index (χ0n) is 15.1. The predicted octanol–water partition coefficient (Wildman–Crippen LogP) is 3.94. The number of nitro groups is 1. The van der Waals surface area contributed by atoms with E-state index in [4.69, 9.17) is 4.74 Å². The van der Waals surface area contributed by atoms with Crippen LogP contribution in [-0.2, 0) is 4.74 Å². The summed E-state index contributed by atoms with van der Waals surface area (Å²) in [6, 6.07) is 8.74. The molecule has 2 aromatic rings. The van der Waals surface area contributed by atoms with E-state index in [1.54, 1.807) is 35.0 Å². The second-order valence-electron chi connectivity index (χ2n) is 6.59. The predicted molar refractivity (Wildman–Crippen MR) is 99.0 cm³/mol. The number of methoxy groups -OCH3 is 1. The molecule has 0 aliphatic heterocycles. The highest BCUT2D eigenvalue weighted by molar-refractivity contribution is 5.88. The van der Waals surface area contributed by atoms with E-state index in [0.29, 0.717) is 23.1 Å². The van der Waals surface area contributed by atoms with E-state index in [9.17, 15) is 14.9 Å². The first-order valence-electron chi connectivity index (χ1n) is 8.80. The minimum Gasteiger partial charge on any atom is -0.464 e. The third kappa shape index (κ3) is 3.42. The molecule has 1 aromatic heterocycles. The number of rotatable bonds is 5. The standard InChI is InChI=1S/C19H23N3O4/c1-20(14-7-4-3-5-8-14)16-11-10-15(13-18(16)22(24)25)21-12-6-9-17(21)19(23)26-2/h6,9-14H,3-5,7-8H2,1-2H3. The Hall–Kier alpha value is -2.83. The van der Waals surface area contributed by atoms with Crippen LogP contribution < -0.4 is 4.90 Å². The van der Waals surface area contributed by atoms with Crippen molar-refractivity contribution in [3.63, 3.8) is 0 Å².